The minimum atomic E-state index is -0.0227. The van der Waals surface area contributed by atoms with E-state index >= 15 is 0 Å². The number of aliphatic imine (C=N–C) groups is 1. The minimum Gasteiger partial charge on any atom is -0.342 e. The first-order valence-corrected chi connectivity index (χ1v) is 18.2. The van der Waals surface area contributed by atoms with Gasteiger partial charge in [-0.1, -0.05) is 135 Å². The Kier molecular flexibility index (Phi) is 5.78. The van der Waals surface area contributed by atoms with Crippen LogP contribution in [0.4, 0.5) is 5.69 Å². The maximum absolute atomic E-state index is 5.51. The van der Waals surface area contributed by atoms with Crippen LogP contribution in [-0.2, 0) is 10.8 Å². The molecule has 1 saturated carbocycles. The maximum atomic E-state index is 5.51. The monoisotopic (exact) mass is 616 g/mol. The molecule has 1 spiro atoms. The molecule has 5 aliphatic carbocycles. The highest BCUT2D eigenvalue weighted by Crippen LogP contribution is 2.63. The number of fused-ring (bicyclic) bond motifs is 10. The lowest BCUT2D eigenvalue weighted by atomic mass is 9.63. The Balaban J connectivity index is 1.09. The van der Waals surface area contributed by atoms with Crippen LogP contribution in [-0.4, -0.2) is 5.84 Å². The van der Waals surface area contributed by atoms with Gasteiger partial charge in [-0.05, 0) is 65.1 Å². The van der Waals surface area contributed by atoms with Crippen molar-refractivity contribution in [2.75, 3.05) is 5.32 Å². The molecule has 1 aliphatic heterocycles. The summed E-state index contributed by atoms with van der Waals surface area (Å²) in [7, 11) is 0. The molecule has 6 aliphatic rings. The van der Waals surface area contributed by atoms with Crippen molar-refractivity contribution in [1.82, 2.24) is 0 Å². The number of hydrogen-bond donors (Lipinski definition) is 1. The van der Waals surface area contributed by atoms with Gasteiger partial charge in [-0.25, -0.2) is 0 Å². The lowest BCUT2D eigenvalue weighted by molar-refractivity contribution is 0.335. The first-order chi connectivity index (χ1) is 22.5. The molecule has 3 heteroatoms. The average molecular weight is 617 g/mol. The second-order valence-corrected chi connectivity index (χ2v) is 16.0. The number of amidine groups is 1. The van der Waals surface area contributed by atoms with Crippen molar-refractivity contribution in [3.05, 3.63) is 141 Å². The topological polar surface area (TPSA) is 24.4 Å². The fourth-order valence-corrected chi connectivity index (χ4v) is 11.3. The summed E-state index contributed by atoms with van der Waals surface area (Å²) in [4.78, 5) is 6.85. The fourth-order valence-electron chi connectivity index (χ4n) is 10.1. The van der Waals surface area contributed by atoms with Crippen LogP contribution in [0.25, 0.3) is 15.7 Å². The number of benzene rings is 3. The van der Waals surface area contributed by atoms with Gasteiger partial charge in [-0.3, -0.25) is 4.99 Å². The highest BCUT2D eigenvalue weighted by atomic mass is 32.1. The number of allylic oxidation sites excluding steroid dienone is 7. The summed E-state index contributed by atoms with van der Waals surface area (Å²) >= 11 is 1.90. The normalized spacial score (nSPS) is 26.2. The quantitative estimate of drug-likeness (QED) is 0.238. The van der Waals surface area contributed by atoms with E-state index in [1.165, 1.54) is 75.9 Å². The van der Waals surface area contributed by atoms with Crippen molar-refractivity contribution >= 4 is 38.5 Å². The van der Waals surface area contributed by atoms with E-state index < -0.39 is 0 Å². The smallest absolute Gasteiger partial charge is 0.113 e. The van der Waals surface area contributed by atoms with E-state index in [-0.39, 0.29) is 22.8 Å². The highest BCUT2D eigenvalue weighted by molar-refractivity contribution is 7.20. The lowest BCUT2D eigenvalue weighted by Gasteiger charge is -2.40. The van der Waals surface area contributed by atoms with E-state index in [9.17, 15) is 0 Å². The van der Waals surface area contributed by atoms with Crippen LogP contribution in [0, 0.1) is 5.92 Å². The molecule has 3 atom stereocenters. The summed E-state index contributed by atoms with van der Waals surface area (Å²) < 4.78 is 1.33. The molecule has 46 heavy (non-hydrogen) atoms. The summed E-state index contributed by atoms with van der Waals surface area (Å²) in [6.45, 7) is 4.96. The molecular weight excluding hydrogens is 577 g/mol. The number of nitrogens with one attached hydrogen (secondary N) is 1. The molecule has 3 aromatic carbocycles. The highest BCUT2D eigenvalue weighted by Gasteiger charge is 2.51. The summed E-state index contributed by atoms with van der Waals surface area (Å²) in [6, 6.07) is 25.7. The van der Waals surface area contributed by atoms with Gasteiger partial charge in [-0.15, -0.1) is 11.3 Å². The minimum absolute atomic E-state index is 0.00109. The van der Waals surface area contributed by atoms with Crippen molar-refractivity contribution in [3.63, 3.8) is 0 Å². The molecule has 1 N–H and O–H groups in total. The zero-order chi connectivity index (χ0) is 30.6. The van der Waals surface area contributed by atoms with Crippen LogP contribution in [0.5, 0.6) is 0 Å². The van der Waals surface area contributed by atoms with Gasteiger partial charge in [0.25, 0.3) is 0 Å². The van der Waals surface area contributed by atoms with E-state index in [4.69, 9.17) is 4.99 Å². The molecule has 2 nitrogen and oxygen atoms in total. The molecular formula is C43H40N2S. The lowest BCUT2D eigenvalue weighted by Crippen LogP contribution is -2.31. The van der Waals surface area contributed by atoms with Crippen LogP contribution in [0.2, 0.25) is 0 Å². The number of hydrogen-bond acceptors (Lipinski definition) is 3. The Bertz CT molecular complexity index is 2110. The molecule has 0 bridgehead atoms. The number of thiophene rings is 1. The molecule has 1 aromatic heterocycles. The van der Waals surface area contributed by atoms with Crippen molar-refractivity contribution in [2.45, 2.75) is 81.6 Å². The molecule has 4 aromatic rings. The predicted molar refractivity (Wildman–Crippen MR) is 194 cm³/mol. The van der Waals surface area contributed by atoms with Gasteiger partial charge in [0.1, 0.15) is 11.9 Å². The summed E-state index contributed by atoms with van der Waals surface area (Å²) in [5, 5.41) is 5.13. The Morgan fingerprint density at radius 1 is 0.891 bits per heavy atom. The van der Waals surface area contributed by atoms with Gasteiger partial charge in [0.05, 0.1) is 10.6 Å². The van der Waals surface area contributed by atoms with Crippen LogP contribution in [0.3, 0.4) is 0 Å². The third-order valence-corrected chi connectivity index (χ3v) is 13.5. The molecule has 0 amide bonds. The maximum Gasteiger partial charge on any atom is 0.113 e. The van der Waals surface area contributed by atoms with Crippen LogP contribution < -0.4 is 5.32 Å². The molecule has 228 valence electrons. The second-order valence-electron chi connectivity index (χ2n) is 14.9. The Labute approximate surface area is 276 Å². The molecule has 1 fully saturated rings. The largest absolute Gasteiger partial charge is 0.342 e. The van der Waals surface area contributed by atoms with E-state index in [2.05, 4.69) is 116 Å². The van der Waals surface area contributed by atoms with Gasteiger partial charge < -0.3 is 5.32 Å². The Morgan fingerprint density at radius 3 is 2.61 bits per heavy atom. The Morgan fingerprint density at radius 2 is 1.74 bits per heavy atom. The van der Waals surface area contributed by atoms with E-state index in [1.807, 2.05) is 11.3 Å². The van der Waals surface area contributed by atoms with Gasteiger partial charge in [0, 0.05) is 32.8 Å². The van der Waals surface area contributed by atoms with Gasteiger partial charge in [-0.2, -0.15) is 0 Å². The van der Waals surface area contributed by atoms with E-state index in [0.29, 0.717) is 5.92 Å². The third kappa shape index (κ3) is 3.67. The van der Waals surface area contributed by atoms with Crippen molar-refractivity contribution in [1.29, 1.82) is 0 Å². The Hall–Kier alpha value is -3.95. The number of anilines is 1. The predicted octanol–water partition coefficient (Wildman–Crippen LogP) is 11.3. The summed E-state index contributed by atoms with van der Waals surface area (Å²) in [5.74, 6) is 1.84. The van der Waals surface area contributed by atoms with Crippen molar-refractivity contribution in [3.8, 4) is 0 Å². The average Bonchev–Trinajstić information content (AvgIpc) is 3.68. The molecule has 0 saturated heterocycles. The molecule has 10 rings (SSSR count). The van der Waals surface area contributed by atoms with Crippen molar-refractivity contribution in [2.24, 2.45) is 10.9 Å². The molecule has 0 radical (unpaired) electrons. The van der Waals surface area contributed by atoms with Gasteiger partial charge in [0.2, 0.25) is 0 Å². The van der Waals surface area contributed by atoms with Crippen LogP contribution >= 0.6 is 11.3 Å². The van der Waals surface area contributed by atoms with Gasteiger partial charge in [0.15, 0.2) is 0 Å². The van der Waals surface area contributed by atoms with E-state index in [0.717, 1.165) is 12.3 Å². The molecule has 2 heterocycles. The fraction of sp³-hybridized carbons (Fsp3) is 0.326. The standard InChI is InChI=1S/C43H40N2S/c1-42(2)34-23-27(38-40-39(30-16-8-10-18-37(30)46-40)45-41(44-38)26-13-5-3-6-14-26)19-20-29(34)31-25-36-32(24-35(31)42)28-15-7-9-17-33(28)43(36)21-11-4-12-22-43/h3,5-10,13,15-20,23-24,26,31,38H,4,11-12,14,21-22,25H2,1-2H3,(H,44,45). The van der Waals surface area contributed by atoms with Crippen molar-refractivity contribution < 1.29 is 0 Å². The third-order valence-electron chi connectivity index (χ3n) is 12.3. The number of nitrogens with zero attached hydrogens (tertiary/aromatic N) is 1. The van der Waals surface area contributed by atoms with Crippen LogP contribution in [0.1, 0.15) is 103 Å². The summed E-state index contributed by atoms with van der Waals surface area (Å²) in [6.07, 6.45) is 20.4. The van der Waals surface area contributed by atoms with E-state index in [1.54, 1.807) is 27.8 Å². The zero-order valence-electron chi connectivity index (χ0n) is 26.8. The molecule has 3 unspecified atom stereocenters. The summed E-state index contributed by atoms with van der Waals surface area (Å²) in [5.41, 5.74) is 13.9. The first-order valence-electron chi connectivity index (χ1n) is 17.4. The number of rotatable bonds is 2. The van der Waals surface area contributed by atoms with Gasteiger partial charge >= 0.3 is 0 Å². The second kappa shape index (κ2) is 9.78. The zero-order valence-corrected chi connectivity index (χ0v) is 27.6. The SMILES string of the molecule is CC1(C)C2=CC3=C(CC2c2ccc(C4N=C(C5C=CC=CC5)Nc5c4sc4ccccc54)cc21)C1(CCCCC1)c1ccccc13. The first kappa shape index (κ1) is 27.2. The van der Waals surface area contributed by atoms with Crippen LogP contribution in [0.15, 0.2) is 113 Å².